The Hall–Kier alpha value is -3.00. The molecule has 0 bridgehead atoms. The van der Waals surface area contributed by atoms with Crippen LogP contribution in [0.2, 0.25) is 5.15 Å². The van der Waals surface area contributed by atoms with Crippen LogP contribution in [-0.4, -0.2) is 39.0 Å². The van der Waals surface area contributed by atoms with Gasteiger partial charge in [-0.1, -0.05) is 31.5 Å². The number of likely N-dealkylation sites (N-methyl/N-ethyl adjacent to an activating group) is 1. The first kappa shape index (κ1) is 19.8. The lowest BCUT2D eigenvalue weighted by atomic mass is 9.99. The van der Waals surface area contributed by atoms with E-state index in [-0.39, 0.29) is 35.4 Å². The Morgan fingerprint density at radius 3 is 2.64 bits per heavy atom. The third-order valence-corrected chi connectivity index (χ3v) is 4.51. The minimum atomic E-state index is -0.393. The summed E-state index contributed by atoms with van der Waals surface area (Å²) in [6.07, 6.45) is 1.68. The van der Waals surface area contributed by atoms with Crippen molar-refractivity contribution in [2.45, 2.75) is 19.9 Å². The van der Waals surface area contributed by atoms with Crippen molar-refractivity contribution >= 4 is 34.5 Å². The second-order valence-electron chi connectivity index (χ2n) is 6.58. The highest BCUT2D eigenvalue weighted by atomic mass is 35.5. The molecule has 146 valence electrons. The minimum Gasteiger partial charge on any atom is -0.358 e. The minimum absolute atomic E-state index is 0.0331. The molecule has 0 aliphatic carbocycles. The predicted molar refractivity (Wildman–Crippen MR) is 109 cm³/mol. The van der Waals surface area contributed by atoms with E-state index in [2.05, 4.69) is 25.6 Å². The first-order valence-electron chi connectivity index (χ1n) is 8.86. The second-order valence-corrected chi connectivity index (χ2v) is 6.97. The van der Waals surface area contributed by atoms with Gasteiger partial charge in [-0.05, 0) is 30.2 Å². The average molecular weight is 401 g/mol. The van der Waals surface area contributed by atoms with Crippen LogP contribution in [0.1, 0.15) is 25.6 Å². The van der Waals surface area contributed by atoms with E-state index in [1.54, 1.807) is 22.9 Å². The molecule has 8 nitrogen and oxygen atoms in total. The summed E-state index contributed by atoms with van der Waals surface area (Å²) in [4.78, 5) is 38.1. The molecule has 0 saturated heterocycles. The maximum Gasteiger partial charge on any atom is 0.295 e. The van der Waals surface area contributed by atoms with Crippen LogP contribution in [0.5, 0.6) is 0 Å². The summed E-state index contributed by atoms with van der Waals surface area (Å²) in [6.45, 7) is 3.93. The molecule has 3 aromatic rings. The maximum absolute atomic E-state index is 13.3. The van der Waals surface area contributed by atoms with Gasteiger partial charge >= 0.3 is 0 Å². The lowest BCUT2D eigenvalue weighted by molar-refractivity contribution is -0.118. The van der Waals surface area contributed by atoms with Gasteiger partial charge in [0, 0.05) is 13.2 Å². The Balaban J connectivity index is 2.25. The molecular formula is C19H21ClN6O2. The van der Waals surface area contributed by atoms with Gasteiger partial charge in [-0.3, -0.25) is 19.1 Å². The molecule has 0 aliphatic rings. The normalized spacial score (nSPS) is 12.2. The monoisotopic (exact) mass is 400 g/mol. The molecule has 2 N–H and O–H groups in total. The molecule has 1 atom stereocenters. The summed E-state index contributed by atoms with van der Waals surface area (Å²) in [5.74, 6) is -0.153. The van der Waals surface area contributed by atoms with Gasteiger partial charge in [0.1, 0.15) is 10.7 Å². The van der Waals surface area contributed by atoms with Crippen molar-refractivity contribution in [2.24, 2.45) is 5.92 Å². The Kier molecular flexibility index (Phi) is 5.89. The number of nitrogens with zero attached hydrogens (tertiary/aromatic N) is 4. The Morgan fingerprint density at radius 2 is 2.00 bits per heavy atom. The van der Waals surface area contributed by atoms with Crippen LogP contribution >= 0.6 is 11.6 Å². The summed E-state index contributed by atoms with van der Waals surface area (Å²) in [7, 11) is 1.53. The number of rotatable bonds is 6. The van der Waals surface area contributed by atoms with E-state index < -0.39 is 5.56 Å². The molecule has 3 aromatic heterocycles. The van der Waals surface area contributed by atoms with Crippen LogP contribution in [-0.2, 0) is 4.79 Å². The van der Waals surface area contributed by atoms with E-state index >= 15 is 0 Å². The van der Waals surface area contributed by atoms with E-state index in [4.69, 9.17) is 11.6 Å². The van der Waals surface area contributed by atoms with Gasteiger partial charge in [0.2, 0.25) is 5.91 Å². The quantitative estimate of drug-likeness (QED) is 0.615. The molecule has 0 fully saturated rings. The van der Waals surface area contributed by atoms with Crippen molar-refractivity contribution in [2.75, 3.05) is 18.9 Å². The highest BCUT2D eigenvalue weighted by molar-refractivity contribution is 6.29. The number of hydrogen-bond acceptors (Lipinski definition) is 6. The fourth-order valence-electron chi connectivity index (χ4n) is 3.01. The number of halogens is 1. The molecule has 0 saturated carbocycles. The highest BCUT2D eigenvalue weighted by Gasteiger charge is 2.25. The topological polar surface area (TPSA) is 102 Å². The van der Waals surface area contributed by atoms with Crippen molar-refractivity contribution < 1.29 is 4.79 Å². The number of nitrogens with one attached hydrogen (secondary N) is 2. The zero-order chi connectivity index (χ0) is 20.3. The molecular weight excluding hydrogens is 380 g/mol. The van der Waals surface area contributed by atoms with Crippen LogP contribution in [0.15, 0.2) is 41.3 Å². The van der Waals surface area contributed by atoms with Crippen LogP contribution in [0.4, 0.5) is 5.82 Å². The second kappa shape index (κ2) is 8.35. The number of carbonyl (C=O) groups is 1. The zero-order valence-electron chi connectivity index (χ0n) is 15.8. The van der Waals surface area contributed by atoms with Crippen molar-refractivity contribution in [3.8, 4) is 0 Å². The maximum atomic E-state index is 13.3. The average Bonchev–Trinajstić information content (AvgIpc) is 2.69. The molecule has 0 aliphatic heterocycles. The smallest absolute Gasteiger partial charge is 0.295 e. The third-order valence-electron chi connectivity index (χ3n) is 4.30. The van der Waals surface area contributed by atoms with Gasteiger partial charge in [0.15, 0.2) is 11.5 Å². The van der Waals surface area contributed by atoms with Gasteiger partial charge in [-0.15, -0.1) is 0 Å². The predicted octanol–water partition coefficient (Wildman–Crippen LogP) is 2.24. The van der Waals surface area contributed by atoms with Gasteiger partial charge < -0.3 is 10.6 Å². The summed E-state index contributed by atoms with van der Waals surface area (Å²) in [6, 6.07) is 8.48. The van der Waals surface area contributed by atoms with Gasteiger partial charge in [0.25, 0.3) is 5.56 Å². The Morgan fingerprint density at radius 1 is 1.21 bits per heavy atom. The molecule has 1 unspecified atom stereocenters. The molecule has 28 heavy (non-hydrogen) atoms. The van der Waals surface area contributed by atoms with Gasteiger partial charge in [-0.25, -0.2) is 9.97 Å². The molecule has 1 amide bonds. The van der Waals surface area contributed by atoms with Gasteiger partial charge in [-0.2, -0.15) is 0 Å². The summed E-state index contributed by atoms with van der Waals surface area (Å²) in [5, 5.41) is 5.58. The van der Waals surface area contributed by atoms with Crippen LogP contribution in [0.25, 0.3) is 11.2 Å². The first-order chi connectivity index (χ1) is 13.4. The van der Waals surface area contributed by atoms with E-state index in [0.29, 0.717) is 11.2 Å². The number of aromatic nitrogens is 4. The van der Waals surface area contributed by atoms with Crippen LogP contribution in [0, 0.1) is 5.92 Å². The number of hydrogen-bond donors (Lipinski definition) is 2. The molecule has 0 radical (unpaired) electrons. The van der Waals surface area contributed by atoms with E-state index in [9.17, 15) is 9.59 Å². The van der Waals surface area contributed by atoms with Crippen LogP contribution in [0.3, 0.4) is 0 Å². The number of anilines is 1. The molecule has 0 aromatic carbocycles. The van der Waals surface area contributed by atoms with Gasteiger partial charge in [0.05, 0.1) is 18.3 Å². The third kappa shape index (κ3) is 3.96. The van der Waals surface area contributed by atoms with E-state index in [1.165, 1.54) is 7.05 Å². The largest absolute Gasteiger partial charge is 0.358 e. The molecule has 9 heteroatoms. The lowest BCUT2D eigenvalue weighted by Crippen LogP contribution is -2.34. The Labute approximate surface area is 167 Å². The number of fused-ring (bicyclic) bond motifs is 1. The summed E-state index contributed by atoms with van der Waals surface area (Å²) < 4.78 is 1.55. The van der Waals surface area contributed by atoms with Crippen LogP contribution < -0.4 is 16.2 Å². The molecule has 0 spiro atoms. The summed E-state index contributed by atoms with van der Waals surface area (Å²) >= 11 is 6.10. The fourth-order valence-corrected chi connectivity index (χ4v) is 3.15. The highest BCUT2D eigenvalue weighted by Crippen LogP contribution is 2.27. The molecule has 3 heterocycles. The van der Waals surface area contributed by atoms with E-state index in [1.807, 2.05) is 32.0 Å². The lowest BCUT2D eigenvalue weighted by Gasteiger charge is -2.25. The first-order valence-corrected chi connectivity index (χ1v) is 9.24. The zero-order valence-corrected chi connectivity index (χ0v) is 16.6. The number of amides is 1. The fraction of sp³-hybridized carbons (Fsp3) is 0.316. The number of carbonyl (C=O) groups excluding carboxylic acids is 1. The van der Waals surface area contributed by atoms with Crippen molar-refractivity contribution in [1.29, 1.82) is 0 Å². The van der Waals surface area contributed by atoms with Crippen molar-refractivity contribution in [3.05, 3.63) is 57.7 Å². The number of pyridine rings is 2. The standard InChI is InChI=1S/C19H21ClN6O2/c1-11(2)16(12-6-4-5-9-22-12)26-18-13(7-8-14(20)25-18)24-17(19(26)28)23-10-15(27)21-3/h4-9,11,16H,10H2,1-3H3,(H,21,27)(H,23,24). The van der Waals surface area contributed by atoms with E-state index in [0.717, 1.165) is 5.69 Å². The Bertz CT molecular complexity index is 1050. The summed E-state index contributed by atoms with van der Waals surface area (Å²) in [5.41, 5.74) is 1.19. The van der Waals surface area contributed by atoms with Crippen molar-refractivity contribution in [1.82, 2.24) is 24.8 Å². The molecule has 3 rings (SSSR count). The van der Waals surface area contributed by atoms with Crippen molar-refractivity contribution in [3.63, 3.8) is 0 Å². The SMILES string of the molecule is CNC(=O)CNc1nc2ccc(Cl)nc2n(C(c2ccccn2)C(C)C)c1=O.